The van der Waals surface area contributed by atoms with Crippen LogP contribution in [0.1, 0.15) is 24.6 Å². The molecular formula is C20H19ClN4OS. The highest BCUT2D eigenvalue weighted by Gasteiger charge is 2.13. The number of pyridine rings is 1. The van der Waals surface area contributed by atoms with E-state index in [4.69, 9.17) is 21.6 Å². The number of thioether (sulfide) groups is 1. The van der Waals surface area contributed by atoms with Crippen LogP contribution in [-0.4, -0.2) is 18.9 Å². The van der Waals surface area contributed by atoms with Crippen molar-refractivity contribution in [3.63, 3.8) is 0 Å². The van der Waals surface area contributed by atoms with E-state index in [1.807, 2.05) is 35.9 Å². The maximum Gasteiger partial charge on any atom is 0.262 e. The Bertz CT molecular complexity index is 1200. The highest BCUT2D eigenvalue weighted by atomic mass is 35.5. The minimum Gasteiger partial charge on any atom is -0.307 e. The molecule has 7 heteroatoms. The van der Waals surface area contributed by atoms with Crippen LogP contribution in [0, 0.1) is 6.92 Å². The first-order valence-electron chi connectivity index (χ1n) is 8.83. The second kappa shape index (κ2) is 7.37. The van der Waals surface area contributed by atoms with E-state index in [0.29, 0.717) is 33.4 Å². The zero-order valence-corrected chi connectivity index (χ0v) is 16.7. The Labute approximate surface area is 166 Å². The summed E-state index contributed by atoms with van der Waals surface area (Å²) in [6.07, 6.45) is 4.88. The van der Waals surface area contributed by atoms with Crippen LogP contribution < -0.4 is 5.56 Å². The monoisotopic (exact) mass is 398 g/mol. The molecule has 4 aromatic rings. The van der Waals surface area contributed by atoms with Crippen LogP contribution in [-0.2, 0) is 12.3 Å². The van der Waals surface area contributed by atoms with E-state index in [2.05, 4.69) is 6.92 Å². The van der Waals surface area contributed by atoms with Crippen LogP contribution in [0.5, 0.6) is 0 Å². The topological polar surface area (TPSA) is 52.2 Å². The number of aryl methyl sites for hydroxylation is 1. The molecule has 0 unspecified atom stereocenters. The van der Waals surface area contributed by atoms with Gasteiger partial charge in [0.05, 0.1) is 16.6 Å². The first kappa shape index (κ1) is 18.1. The van der Waals surface area contributed by atoms with Crippen LogP contribution in [0.15, 0.2) is 52.7 Å². The summed E-state index contributed by atoms with van der Waals surface area (Å²) >= 11 is 7.62. The van der Waals surface area contributed by atoms with Gasteiger partial charge in [-0.05, 0) is 43.2 Å². The summed E-state index contributed by atoms with van der Waals surface area (Å²) in [6, 6.07) is 9.28. The number of rotatable bonds is 5. The van der Waals surface area contributed by atoms with Crippen LogP contribution in [0.2, 0.25) is 5.02 Å². The molecule has 27 heavy (non-hydrogen) atoms. The number of hydrogen-bond donors (Lipinski definition) is 0. The second-order valence-corrected chi connectivity index (χ2v) is 7.83. The summed E-state index contributed by atoms with van der Waals surface area (Å²) in [5.41, 5.74) is 3.66. The second-order valence-electron chi connectivity index (χ2n) is 6.46. The third-order valence-corrected chi connectivity index (χ3v) is 5.65. The number of benzene rings is 1. The van der Waals surface area contributed by atoms with Crippen molar-refractivity contribution >= 4 is 39.9 Å². The fourth-order valence-electron chi connectivity index (χ4n) is 3.12. The van der Waals surface area contributed by atoms with Crippen LogP contribution >= 0.6 is 23.4 Å². The molecule has 1 aromatic carbocycles. The van der Waals surface area contributed by atoms with Gasteiger partial charge in [-0.3, -0.25) is 9.36 Å². The van der Waals surface area contributed by atoms with Gasteiger partial charge in [-0.1, -0.05) is 36.4 Å². The summed E-state index contributed by atoms with van der Waals surface area (Å²) in [5, 5.41) is 1.88. The van der Waals surface area contributed by atoms with Gasteiger partial charge in [0.1, 0.15) is 5.65 Å². The third kappa shape index (κ3) is 3.47. The van der Waals surface area contributed by atoms with Gasteiger partial charge < -0.3 is 4.40 Å². The molecule has 0 saturated carbocycles. The van der Waals surface area contributed by atoms with E-state index in [9.17, 15) is 4.79 Å². The van der Waals surface area contributed by atoms with E-state index in [0.717, 1.165) is 23.3 Å². The van der Waals surface area contributed by atoms with E-state index < -0.39 is 0 Å². The van der Waals surface area contributed by atoms with Crippen molar-refractivity contribution in [2.75, 3.05) is 0 Å². The van der Waals surface area contributed by atoms with Gasteiger partial charge in [-0.2, -0.15) is 0 Å². The van der Waals surface area contributed by atoms with E-state index >= 15 is 0 Å². The molecule has 0 fully saturated rings. The van der Waals surface area contributed by atoms with Gasteiger partial charge in [-0.25, -0.2) is 9.97 Å². The zero-order valence-electron chi connectivity index (χ0n) is 15.1. The van der Waals surface area contributed by atoms with Gasteiger partial charge >= 0.3 is 0 Å². The first-order chi connectivity index (χ1) is 13.1. The lowest BCUT2D eigenvalue weighted by Crippen LogP contribution is -2.23. The summed E-state index contributed by atoms with van der Waals surface area (Å²) in [5.74, 6) is 0.642. The van der Waals surface area contributed by atoms with Crippen molar-refractivity contribution in [3.05, 3.63) is 69.4 Å². The van der Waals surface area contributed by atoms with Crippen molar-refractivity contribution in [1.29, 1.82) is 0 Å². The molecule has 3 heterocycles. The number of imidazole rings is 1. The molecule has 0 aliphatic carbocycles. The molecule has 0 aliphatic rings. The van der Waals surface area contributed by atoms with Gasteiger partial charge in [-0.15, -0.1) is 0 Å². The number of halogens is 1. The molecule has 0 bridgehead atoms. The molecule has 138 valence electrons. The fraction of sp³-hybridized carbons (Fsp3) is 0.250. The molecule has 5 nitrogen and oxygen atoms in total. The molecule has 0 atom stereocenters. The molecular weight excluding hydrogens is 380 g/mol. The Balaban J connectivity index is 1.72. The number of hydrogen-bond acceptors (Lipinski definition) is 4. The van der Waals surface area contributed by atoms with Gasteiger partial charge in [0, 0.05) is 29.7 Å². The minimum absolute atomic E-state index is 0.0214. The van der Waals surface area contributed by atoms with E-state index in [1.165, 1.54) is 11.8 Å². The van der Waals surface area contributed by atoms with Gasteiger partial charge in [0.2, 0.25) is 0 Å². The van der Waals surface area contributed by atoms with Crippen LogP contribution in [0.25, 0.3) is 16.6 Å². The molecule has 0 spiro atoms. The number of aromatic nitrogens is 4. The van der Waals surface area contributed by atoms with Crippen LogP contribution in [0.3, 0.4) is 0 Å². The zero-order chi connectivity index (χ0) is 19.0. The summed E-state index contributed by atoms with van der Waals surface area (Å²) in [7, 11) is 0. The molecule has 0 N–H and O–H groups in total. The van der Waals surface area contributed by atoms with Crippen LogP contribution in [0.4, 0.5) is 0 Å². The predicted octanol–water partition coefficient (Wildman–Crippen LogP) is 4.71. The molecule has 0 aliphatic heterocycles. The number of nitrogens with zero attached hydrogens (tertiary/aromatic N) is 4. The molecule has 0 amide bonds. The Morgan fingerprint density at radius 2 is 2.07 bits per heavy atom. The van der Waals surface area contributed by atoms with E-state index in [-0.39, 0.29) is 5.56 Å². The third-order valence-electron chi connectivity index (χ3n) is 4.41. The highest BCUT2D eigenvalue weighted by molar-refractivity contribution is 7.98. The molecule has 3 aromatic heterocycles. The van der Waals surface area contributed by atoms with E-state index in [1.54, 1.807) is 22.8 Å². The Morgan fingerprint density at radius 3 is 2.85 bits per heavy atom. The lowest BCUT2D eigenvalue weighted by atomic mass is 10.2. The quantitative estimate of drug-likeness (QED) is 0.361. The van der Waals surface area contributed by atoms with Gasteiger partial charge in [0.25, 0.3) is 5.56 Å². The smallest absolute Gasteiger partial charge is 0.262 e. The maximum absolute atomic E-state index is 12.9. The summed E-state index contributed by atoms with van der Waals surface area (Å²) in [4.78, 5) is 22.3. The summed E-state index contributed by atoms with van der Waals surface area (Å²) in [6.45, 7) is 4.74. The molecule has 0 radical (unpaired) electrons. The average molecular weight is 399 g/mol. The van der Waals surface area contributed by atoms with Crippen molar-refractivity contribution in [2.24, 2.45) is 0 Å². The maximum atomic E-state index is 12.9. The standard InChI is InChI=1S/C20H19ClN4OS/c1-3-8-25-19(26)16-7-6-14(21)10-17(16)23-20(25)27-12-15-11-24-9-4-5-13(2)18(24)22-15/h4-7,9-11H,3,8,12H2,1-2H3. The summed E-state index contributed by atoms with van der Waals surface area (Å²) < 4.78 is 3.78. The minimum atomic E-state index is -0.0214. The Kier molecular flexibility index (Phi) is 4.93. The normalized spacial score (nSPS) is 11.5. The van der Waals surface area contributed by atoms with Crippen molar-refractivity contribution in [2.45, 2.75) is 37.7 Å². The number of fused-ring (bicyclic) bond motifs is 2. The van der Waals surface area contributed by atoms with Crippen molar-refractivity contribution in [1.82, 2.24) is 18.9 Å². The average Bonchev–Trinajstić information content (AvgIpc) is 3.07. The first-order valence-corrected chi connectivity index (χ1v) is 10.2. The predicted molar refractivity (Wildman–Crippen MR) is 111 cm³/mol. The van der Waals surface area contributed by atoms with Crippen molar-refractivity contribution in [3.8, 4) is 0 Å². The Hall–Kier alpha value is -2.31. The Morgan fingerprint density at radius 1 is 1.22 bits per heavy atom. The molecule has 0 saturated heterocycles. The molecule has 4 rings (SSSR count). The lowest BCUT2D eigenvalue weighted by Gasteiger charge is -2.12. The highest BCUT2D eigenvalue weighted by Crippen LogP contribution is 2.24. The largest absolute Gasteiger partial charge is 0.307 e. The fourth-order valence-corrected chi connectivity index (χ4v) is 4.19. The SMILES string of the molecule is CCCn1c(SCc2cn3cccc(C)c3n2)nc2cc(Cl)ccc2c1=O. The van der Waals surface area contributed by atoms with Gasteiger partial charge in [0.15, 0.2) is 5.16 Å². The lowest BCUT2D eigenvalue weighted by molar-refractivity contribution is 0.584. The van der Waals surface area contributed by atoms with Crippen molar-refractivity contribution < 1.29 is 0 Å².